The molecule has 0 amide bonds. The Balaban J connectivity index is 3.30. The molecule has 0 aliphatic heterocycles. The highest BCUT2D eigenvalue weighted by atomic mass is 32.3. The molecule has 6 nitrogen and oxygen atoms in total. The van der Waals surface area contributed by atoms with Crippen LogP contribution in [0.5, 0.6) is 0 Å². The number of rotatable bonds is 4. The average Bonchev–Trinajstić information content (AvgIpc) is 2.40. The Bertz CT molecular complexity index is 1010. The summed E-state index contributed by atoms with van der Waals surface area (Å²) in [5, 5.41) is 0. The summed E-state index contributed by atoms with van der Waals surface area (Å²) in [6.07, 6.45) is 0. The lowest BCUT2D eigenvalue weighted by atomic mass is 10.0. The van der Waals surface area contributed by atoms with Gasteiger partial charge in [-0.3, -0.25) is 9.11 Å². The van der Waals surface area contributed by atoms with Crippen LogP contribution in [0.15, 0.2) is 24.3 Å². The zero-order chi connectivity index (χ0) is 20.9. The second-order valence-corrected chi connectivity index (χ2v) is 8.44. The van der Waals surface area contributed by atoms with Crippen molar-refractivity contribution in [3.8, 4) is 0 Å². The van der Waals surface area contributed by atoms with Gasteiger partial charge in [-0.25, -0.2) is 26.3 Å². The maximum atomic E-state index is 14.1. The van der Waals surface area contributed by atoms with Gasteiger partial charge in [0.1, 0.15) is 34.9 Å². The van der Waals surface area contributed by atoms with E-state index in [0.29, 0.717) is 0 Å². The van der Waals surface area contributed by atoms with Crippen LogP contribution in [0, 0.1) is 34.9 Å². The molecule has 0 spiro atoms. The van der Waals surface area contributed by atoms with Crippen LogP contribution in [0.2, 0.25) is 0 Å². The standard InChI is InChI=1S/C13H6F6O6S2/c14-5-1-7(16)11(8(17)2-5)13(26(20,21)22,27(23,24)25)12-9(18)3-6(15)4-10(12)19/h1-4H,(H,20,21,22)(H,23,24,25). The SMILES string of the molecule is O=S(=O)(O)C(c1c(F)cc(F)cc1F)(c1c(F)cc(F)cc1F)S(=O)(=O)O. The molecule has 0 heterocycles. The van der Waals surface area contributed by atoms with Crippen LogP contribution < -0.4 is 0 Å². The first-order valence-electron chi connectivity index (χ1n) is 6.38. The van der Waals surface area contributed by atoms with E-state index in [1.54, 1.807) is 0 Å². The first-order chi connectivity index (χ1) is 12.1. The van der Waals surface area contributed by atoms with Crippen molar-refractivity contribution in [2.75, 3.05) is 0 Å². The van der Waals surface area contributed by atoms with Gasteiger partial charge >= 0.3 is 0 Å². The predicted molar refractivity (Wildman–Crippen MR) is 76.5 cm³/mol. The molecule has 0 aromatic heterocycles. The zero-order valence-corrected chi connectivity index (χ0v) is 14.1. The normalized spacial score (nSPS) is 13.0. The van der Waals surface area contributed by atoms with Gasteiger partial charge in [-0.1, -0.05) is 0 Å². The summed E-state index contributed by atoms with van der Waals surface area (Å²) in [6, 6.07) is -1.10. The number of benzene rings is 2. The summed E-state index contributed by atoms with van der Waals surface area (Å²) in [5.41, 5.74) is -4.67. The Morgan fingerprint density at radius 3 is 1.00 bits per heavy atom. The lowest BCUT2D eigenvalue weighted by Gasteiger charge is -2.29. The molecule has 0 unspecified atom stereocenters. The van der Waals surface area contributed by atoms with Crippen molar-refractivity contribution < 1.29 is 52.3 Å². The number of hydrogen-bond donors (Lipinski definition) is 2. The van der Waals surface area contributed by atoms with Crippen molar-refractivity contribution in [1.29, 1.82) is 0 Å². The number of hydrogen-bond acceptors (Lipinski definition) is 4. The molecule has 148 valence electrons. The zero-order valence-electron chi connectivity index (χ0n) is 12.4. The molecular weight excluding hydrogens is 430 g/mol. The fraction of sp³-hybridized carbons (Fsp3) is 0.0769. The Morgan fingerprint density at radius 1 is 0.593 bits per heavy atom. The minimum absolute atomic E-state index is 0.275. The van der Waals surface area contributed by atoms with Crippen molar-refractivity contribution in [2.24, 2.45) is 0 Å². The lowest BCUT2D eigenvalue weighted by molar-refractivity contribution is 0.411. The molecule has 2 N–H and O–H groups in total. The topological polar surface area (TPSA) is 109 Å². The second kappa shape index (κ2) is 6.47. The van der Waals surface area contributed by atoms with Gasteiger partial charge in [0, 0.05) is 24.3 Å². The molecule has 0 radical (unpaired) electrons. The average molecular weight is 436 g/mol. The quantitative estimate of drug-likeness (QED) is 0.563. The van der Waals surface area contributed by atoms with Gasteiger partial charge in [-0.2, -0.15) is 16.8 Å². The first kappa shape index (κ1) is 21.1. The van der Waals surface area contributed by atoms with Gasteiger partial charge in [0.05, 0.1) is 11.1 Å². The Morgan fingerprint density at radius 2 is 0.815 bits per heavy atom. The molecule has 14 heteroatoms. The van der Waals surface area contributed by atoms with E-state index in [0.717, 1.165) is 0 Å². The van der Waals surface area contributed by atoms with Crippen molar-refractivity contribution in [1.82, 2.24) is 0 Å². The van der Waals surface area contributed by atoms with E-state index in [1.807, 2.05) is 0 Å². The van der Waals surface area contributed by atoms with Gasteiger partial charge < -0.3 is 0 Å². The molecule has 0 atom stereocenters. The summed E-state index contributed by atoms with van der Waals surface area (Å²) in [5.74, 6) is -12.8. The minimum Gasteiger partial charge on any atom is -0.284 e. The molecule has 0 fully saturated rings. The third-order valence-electron chi connectivity index (χ3n) is 3.40. The smallest absolute Gasteiger partial charge is 0.284 e. The maximum absolute atomic E-state index is 14.1. The maximum Gasteiger partial charge on any atom is 0.297 e. The van der Waals surface area contributed by atoms with Crippen LogP contribution in [0.1, 0.15) is 11.1 Å². The molecule has 0 saturated carbocycles. The molecule has 0 saturated heterocycles. The van der Waals surface area contributed by atoms with Crippen molar-refractivity contribution in [2.45, 2.75) is 4.08 Å². The molecule has 2 rings (SSSR count). The largest absolute Gasteiger partial charge is 0.297 e. The van der Waals surface area contributed by atoms with Crippen LogP contribution in [0.4, 0.5) is 26.3 Å². The van der Waals surface area contributed by atoms with Crippen molar-refractivity contribution >= 4 is 20.2 Å². The highest BCUT2D eigenvalue weighted by Gasteiger charge is 2.63. The van der Waals surface area contributed by atoms with E-state index in [1.165, 1.54) is 0 Å². The van der Waals surface area contributed by atoms with Crippen LogP contribution in [0.3, 0.4) is 0 Å². The Kier molecular flexibility index (Phi) is 5.07. The Labute approximate surface area is 147 Å². The third-order valence-corrected chi connectivity index (χ3v) is 6.93. The van der Waals surface area contributed by atoms with Gasteiger partial charge in [-0.05, 0) is 0 Å². The van der Waals surface area contributed by atoms with Gasteiger partial charge in [0.15, 0.2) is 0 Å². The fourth-order valence-electron chi connectivity index (χ4n) is 2.49. The predicted octanol–water partition coefficient (Wildman–Crippen LogP) is 2.50. The highest BCUT2D eigenvalue weighted by Crippen LogP contribution is 2.46. The van der Waals surface area contributed by atoms with Crippen LogP contribution in [-0.4, -0.2) is 25.9 Å². The monoisotopic (exact) mass is 436 g/mol. The van der Waals surface area contributed by atoms with E-state index in [2.05, 4.69) is 0 Å². The molecule has 27 heavy (non-hydrogen) atoms. The van der Waals surface area contributed by atoms with Gasteiger partial charge in [-0.15, -0.1) is 0 Å². The second-order valence-electron chi connectivity index (χ2n) is 5.06. The molecule has 0 aliphatic carbocycles. The highest BCUT2D eigenvalue weighted by molar-refractivity contribution is 8.04. The third kappa shape index (κ3) is 3.18. The summed E-state index contributed by atoms with van der Waals surface area (Å²) in [6.45, 7) is 0. The van der Waals surface area contributed by atoms with Gasteiger partial charge in [0.25, 0.3) is 24.3 Å². The van der Waals surface area contributed by atoms with E-state index in [4.69, 9.17) is 0 Å². The molecule has 0 aliphatic rings. The number of halogens is 6. The van der Waals surface area contributed by atoms with Crippen molar-refractivity contribution in [3.63, 3.8) is 0 Å². The van der Waals surface area contributed by atoms with Gasteiger partial charge in [0.2, 0.25) is 0 Å². The molecule has 2 aromatic carbocycles. The minimum atomic E-state index is -6.55. The lowest BCUT2D eigenvalue weighted by Crippen LogP contribution is -2.47. The van der Waals surface area contributed by atoms with Crippen LogP contribution in [-0.2, 0) is 24.3 Å². The summed E-state index contributed by atoms with van der Waals surface area (Å²) < 4.78 is 144. The van der Waals surface area contributed by atoms with E-state index in [-0.39, 0.29) is 24.3 Å². The van der Waals surface area contributed by atoms with E-state index < -0.39 is 70.3 Å². The van der Waals surface area contributed by atoms with Crippen LogP contribution >= 0.6 is 0 Å². The molecular formula is C13H6F6O6S2. The van der Waals surface area contributed by atoms with E-state index >= 15 is 0 Å². The van der Waals surface area contributed by atoms with Crippen LogP contribution in [0.25, 0.3) is 0 Å². The summed E-state index contributed by atoms with van der Waals surface area (Å²) >= 11 is 0. The summed E-state index contributed by atoms with van der Waals surface area (Å²) in [4.78, 5) is 0. The first-order valence-corrected chi connectivity index (χ1v) is 9.26. The Hall–Kier alpha value is -2.16. The summed E-state index contributed by atoms with van der Waals surface area (Å²) in [7, 11) is -13.1. The molecule has 2 aromatic rings. The van der Waals surface area contributed by atoms with E-state index in [9.17, 15) is 52.3 Å². The molecule has 0 bridgehead atoms. The fourth-order valence-corrected chi connectivity index (χ4v) is 5.36. The van der Waals surface area contributed by atoms with Crippen molar-refractivity contribution in [3.05, 3.63) is 70.3 Å².